The van der Waals surface area contributed by atoms with Crippen LogP contribution in [0.4, 0.5) is 0 Å². The van der Waals surface area contributed by atoms with Gasteiger partial charge in [0.1, 0.15) is 22.5 Å². The van der Waals surface area contributed by atoms with Crippen molar-refractivity contribution in [2.24, 2.45) is 0 Å². The first-order chi connectivity index (χ1) is 25.7. The molecule has 6 aromatic carbocycles. The van der Waals surface area contributed by atoms with Crippen molar-refractivity contribution in [2.45, 2.75) is 18.8 Å². The molecule has 6 heteroatoms. The van der Waals surface area contributed by atoms with E-state index in [1.165, 1.54) is 25.7 Å². The number of hydrogen-bond donors (Lipinski definition) is 0. The van der Waals surface area contributed by atoms with Crippen LogP contribution in [0.25, 0.3) is 93.3 Å². The molecule has 0 spiro atoms. The monoisotopic (exact) mass is 687 g/mol. The molecule has 0 fully saturated rings. The zero-order chi connectivity index (χ0) is 34.3. The molecule has 4 aromatic heterocycles. The fourth-order valence-electron chi connectivity index (χ4n) is 8.10. The van der Waals surface area contributed by atoms with E-state index < -0.39 is 0 Å². The van der Waals surface area contributed by atoms with Gasteiger partial charge in [-0.25, -0.2) is 15.0 Å². The lowest BCUT2D eigenvalue weighted by Gasteiger charge is -2.25. The fourth-order valence-corrected chi connectivity index (χ4v) is 9.31. The first-order valence-electron chi connectivity index (χ1n) is 17.6. The van der Waals surface area contributed by atoms with Crippen LogP contribution in [0.2, 0.25) is 0 Å². The van der Waals surface area contributed by atoms with E-state index in [0.29, 0.717) is 17.5 Å². The van der Waals surface area contributed by atoms with E-state index in [1.807, 2.05) is 42.5 Å². The molecule has 0 radical (unpaired) electrons. The van der Waals surface area contributed by atoms with Crippen LogP contribution in [0, 0.1) is 0 Å². The van der Waals surface area contributed by atoms with Gasteiger partial charge in [0.05, 0.1) is 0 Å². The summed E-state index contributed by atoms with van der Waals surface area (Å²) in [5.41, 5.74) is 7.87. The molecule has 2 unspecified atom stereocenters. The van der Waals surface area contributed by atoms with Crippen molar-refractivity contribution in [1.82, 2.24) is 15.0 Å². The Morgan fingerprint density at radius 2 is 1.25 bits per heavy atom. The number of para-hydroxylation sites is 1. The molecular weight excluding hydrogens is 659 g/mol. The number of allylic oxidation sites excluding steroid dienone is 1. The highest BCUT2D eigenvalue weighted by Gasteiger charge is 2.31. The molecule has 10 aromatic rings. The molecule has 0 saturated heterocycles. The molecule has 246 valence electrons. The van der Waals surface area contributed by atoms with Crippen LogP contribution in [0.15, 0.2) is 148 Å². The third-order valence-corrected chi connectivity index (χ3v) is 11.8. The zero-order valence-corrected chi connectivity index (χ0v) is 28.9. The molecule has 0 saturated carbocycles. The smallest absolute Gasteiger partial charge is 0.165 e. The van der Waals surface area contributed by atoms with Crippen molar-refractivity contribution in [1.29, 1.82) is 0 Å². The minimum atomic E-state index is 0.117. The predicted molar refractivity (Wildman–Crippen MR) is 213 cm³/mol. The van der Waals surface area contributed by atoms with Crippen LogP contribution in [-0.2, 0) is 0 Å². The summed E-state index contributed by atoms with van der Waals surface area (Å²) < 4.78 is 15.3. The number of furan rings is 2. The van der Waals surface area contributed by atoms with E-state index in [1.54, 1.807) is 11.3 Å². The lowest BCUT2D eigenvalue weighted by atomic mass is 9.77. The first kappa shape index (κ1) is 29.4. The summed E-state index contributed by atoms with van der Waals surface area (Å²) in [6.07, 6.45) is 4.39. The third-order valence-electron chi connectivity index (χ3n) is 10.6. The van der Waals surface area contributed by atoms with E-state index in [0.717, 1.165) is 60.9 Å². The molecule has 4 heterocycles. The predicted octanol–water partition coefficient (Wildman–Crippen LogP) is 12.8. The Hall–Kier alpha value is -6.37. The molecule has 0 amide bonds. The maximum atomic E-state index is 6.56. The molecule has 11 rings (SSSR count). The van der Waals surface area contributed by atoms with E-state index in [9.17, 15) is 0 Å². The van der Waals surface area contributed by atoms with Gasteiger partial charge in [-0.15, -0.1) is 11.3 Å². The fraction of sp³-hybridized carbons (Fsp3) is 0.0652. The minimum absolute atomic E-state index is 0.117. The second-order valence-electron chi connectivity index (χ2n) is 13.5. The van der Waals surface area contributed by atoms with Crippen LogP contribution in [0.3, 0.4) is 0 Å². The topological polar surface area (TPSA) is 65.0 Å². The molecule has 5 nitrogen and oxygen atoms in total. The molecule has 0 aliphatic heterocycles. The van der Waals surface area contributed by atoms with Crippen LogP contribution in [0.5, 0.6) is 0 Å². The summed E-state index contributed by atoms with van der Waals surface area (Å²) >= 11 is 1.78. The van der Waals surface area contributed by atoms with Gasteiger partial charge in [0.15, 0.2) is 17.5 Å². The number of fused-ring (bicyclic) bond motifs is 9. The molecular formula is C46H29N3O2S. The Bertz CT molecular complexity index is 3060. The zero-order valence-electron chi connectivity index (χ0n) is 28.1. The highest BCUT2D eigenvalue weighted by Crippen LogP contribution is 2.48. The van der Waals surface area contributed by atoms with E-state index in [2.05, 4.69) is 110 Å². The second-order valence-corrected chi connectivity index (χ2v) is 14.6. The maximum Gasteiger partial charge on any atom is 0.165 e. The Labute approximate surface area is 302 Å². The third kappa shape index (κ3) is 4.44. The minimum Gasteiger partial charge on any atom is -0.456 e. The summed E-state index contributed by atoms with van der Waals surface area (Å²) in [5.74, 6) is 3.03. The normalized spacial score (nSPS) is 15.7. The Morgan fingerprint density at radius 3 is 2.15 bits per heavy atom. The van der Waals surface area contributed by atoms with Crippen molar-refractivity contribution >= 4 is 70.5 Å². The Morgan fingerprint density at radius 1 is 0.558 bits per heavy atom. The summed E-state index contributed by atoms with van der Waals surface area (Å²) in [6.45, 7) is 2.29. The summed E-state index contributed by atoms with van der Waals surface area (Å²) in [5, 5.41) is 5.77. The lowest BCUT2D eigenvalue weighted by molar-refractivity contribution is 0.573. The van der Waals surface area contributed by atoms with E-state index >= 15 is 0 Å². The molecule has 1 aliphatic carbocycles. The number of rotatable bonds is 4. The molecule has 2 atom stereocenters. The summed E-state index contributed by atoms with van der Waals surface area (Å²) in [6, 6.07) is 46.2. The van der Waals surface area contributed by atoms with Crippen molar-refractivity contribution in [3.63, 3.8) is 0 Å². The molecule has 1 aliphatic rings. The van der Waals surface area contributed by atoms with E-state index in [4.69, 9.17) is 23.8 Å². The number of aromatic nitrogens is 3. The number of hydrogen-bond acceptors (Lipinski definition) is 6. The van der Waals surface area contributed by atoms with Gasteiger partial charge in [-0.05, 0) is 47.9 Å². The summed E-state index contributed by atoms with van der Waals surface area (Å²) in [7, 11) is 0. The molecule has 0 bridgehead atoms. The SMILES string of the molecule is CC1c2c(oc3cccc(-c4nc(-c5ccccc5)nc(-c5cccc6c5sc5ccccc56)n4)c23)C=CC1c1ccc2c(c1)oc1ccccc12. The quantitative estimate of drug-likeness (QED) is 0.184. The van der Waals surface area contributed by atoms with E-state index in [-0.39, 0.29) is 11.8 Å². The van der Waals surface area contributed by atoms with Gasteiger partial charge in [0.2, 0.25) is 0 Å². The summed E-state index contributed by atoms with van der Waals surface area (Å²) in [4.78, 5) is 15.6. The highest BCUT2D eigenvalue weighted by atomic mass is 32.1. The van der Waals surface area contributed by atoms with Gasteiger partial charge in [0, 0.05) is 64.5 Å². The molecule has 0 N–H and O–H groups in total. The van der Waals surface area contributed by atoms with Gasteiger partial charge < -0.3 is 8.83 Å². The second kappa shape index (κ2) is 11.3. The van der Waals surface area contributed by atoms with Gasteiger partial charge in [-0.3, -0.25) is 0 Å². The van der Waals surface area contributed by atoms with Crippen LogP contribution in [-0.4, -0.2) is 15.0 Å². The van der Waals surface area contributed by atoms with Crippen molar-refractivity contribution in [3.8, 4) is 34.2 Å². The maximum absolute atomic E-state index is 6.56. The van der Waals surface area contributed by atoms with Crippen LogP contribution in [0.1, 0.15) is 35.6 Å². The van der Waals surface area contributed by atoms with Crippen molar-refractivity contribution in [3.05, 3.63) is 156 Å². The first-order valence-corrected chi connectivity index (χ1v) is 18.4. The Balaban J connectivity index is 1.09. The van der Waals surface area contributed by atoms with Crippen molar-refractivity contribution < 1.29 is 8.83 Å². The van der Waals surface area contributed by atoms with Gasteiger partial charge >= 0.3 is 0 Å². The Kier molecular flexibility index (Phi) is 6.39. The largest absolute Gasteiger partial charge is 0.456 e. The lowest BCUT2D eigenvalue weighted by Crippen LogP contribution is -2.10. The average molecular weight is 688 g/mol. The highest BCUT2D eigenvalue weighted by molar-refractivity contribution is 7.26. The molecule has 52 heavy (non-hydrogen) atoms. The van der Waals surface area contributed by atoms with Gasteiger partial charge in [-0.1, -0.05) is 116 Å². The van der Waals surface area contributed by atoms with Gasteiger partial charge in [0.25, 0.3) is 0 Å². The van der Waals surface area contributed by atoms with Crippen LogP contribution >= 0.6 is 11.3 Å². The van der Waals surface area contributed by atoms with Crippen LogP contribution < -0.4 is 0 Å². The standard InChI is InChI=1S/C46H29N3O2S/c1-26-29(28-21-22-31-30-13-5-7-18-36(30)50-39(31)25-28)23-24-38-41(26)42-34(16-10-19-37(42)51-38)45-47-44(27-11-3-2-4-12-27)48-46(49-45)35-17-9-15-33-32-14-6-8-20-40(32)52-43(33)35/h2-26,29H,1H3. The average Bonchev–Trinajstić information content (AvgIpc) is 3.89. The number of benzene rings is 6. The number of thiophene rings is 1. The number of nitrogens with zero attached hydrogens (tertiary/aromatic N) is 3. The van der Waals surface area contributed by atoms with Gasteiger partial charge in [-0.2, -0.15) is 0 Å². The van der Waals surface area contributed by atoms with Crippen molar-refractivity contribution in [2.75, 3.05) is 0 Å².